The maximum absolute atomic E-state index is 2.30. The molecular formula is C30H46S2. The van der Waals surface area contributed by atoms with Crippen LogP contribution in [0.15, 0.2) is 58.3 Å². The van der Waals surface area contributed by atoms with E-state index in [1.54, 1.807) is 0 Å². The Hall–Kier alpha value is -0.860. The normalized spacial score (nSPS) is 11.2. The molecule has 0 fully saturated rings. The molecule has 0 aliphatic heterocycles. The molecule has 2 aromatic carbocycles. The molecule has 0 amide bonds. The predicted octanol–water partition coefficient (Wildman–Crippen LogP) is 11.0. The lowest BCUT2D eigenvalue weighted by atomic mass is 10.1. The summed E-state index contributed by atoms with van der Waals surface area (Å²) in [5.74, 6) is 2.49. The summed E-state index contributed by atoms with van der Waals surface area (Å²) in [4.78, 5) is 2.80. The highest BCUT2D eigenvalue weighted by atomic mass is 32.2. The summed E-state index contributed by atoms with van der Waals surface area (Å²) in [6.45, 7) is 4.57. The first kappa shape index (κ1) is 27.4. The van der Waals surface area contributed by atoms with Gasteiger partial charge in [0, 0.05) is 9.79 Å². The molecule has 0 nitrogen and oxygen atoms in total. The second-order valence-electron chi connectivity index (χ2n) is 8.99. The average molecular weight is 471 g/mol. The van der Waals surface area contributed by atoms with E-state index in [1.165, 1.54) is 122 Å². The summed E-state index contributed by atoms with van der Waals surface area (Å²) in [7, 11) is 0. The molecular weight excluding hydrogens is 424 g/mol. The maximum Gasteiger partial charge on any atom is 0.00723 e. The van der Waals surface area contributed by atoms with E-state index in [-0.39, 0.29) is 0 Å². The molecule has 0 atom stereocenters. The van der Waals surface area contributed by atoms with Crippen LogP contribution in [0, 0.1) is 0 Å². The molecule has 0 saturated heterocycles. The van der Waals surface area contributed by atoms with Crippen molar-refractivity contribution < 1.29 is 0 Å². The highest BCUT2D eigenvalue weighted by molar-refractivity contribution is 7.99. The lowest BCUT2D eigenvalue weighted by Crippen LogP contribution is -1.84. The molecule has 0 spiro atoms. The van der Waals surface area contributed by atoms with E-state index in [4.69, 9.17) is 0 Å². The van der Waals surface area contributed by atoms with Crippen molar-refractivity contribution in [1.82, 2.24) is 0 Å². The smallest absolute Gasteiger partial charge is 0.00723 e. The third-order valence-electron chi connectivity index (χ3n) is 6.08. The van der Waals surface area contributed by atoms with Gasteiger partial charge in [-0.3, -0.25) is 0 Å². The van der Waals surface area contributed by atoms with Crippen molar-refractivity contribution in [2.45, 2.75) is 114 Å². The van der Waals surface area contributed by atoms with Crippen molar-refractivity contribution in [3.8, 4) is 11.1 Å². The molecule has 0 heterocycles. The second kappa shape index (κ2) is 18.6. The lowest BCUT2D eigenvalue weighted by molar-refractivity contribution is 0.563. The molecule has 2 rings (SSSR count). The van der Waals surface area contributed by atoms with Crippen LogP contribution in [0.4, 0.5) is 0 Å². The molecule has 0 aromatic heterocycles. The fraction of sp³-hybridized carbons (Fsp3) is 0.600. The first-order valence-corrected chi connectivity index (χ1v) is 15.3. The van der Waals surface area contributed by atoms with E-state index in [0.29, 0.717) is 0 Å². The Morgan fingerprint density at radius 1 is 0.406 bits per heavy atom. The monoisotopic (exact) mass is 470 g/mol. The molecule has 178 valence electrons. The van der Waals surface area contributed by atoms with Gasteiger partial charge in [-0.1, -0.05) is 115 Å². The van der Waals surface area contributed by atoms with Crippen molar-refractivity contribution in [3.63, 3.8) is 0 Å². The zero-order valence-corrected chi connectivity index (χ0v) is 22.4. The standard InChI is InChI=1S/C30H46S2/c1-3-5-7-9-10-11-12-13-14-16-26-32-30-23-19-28(20-24-30)27-17-21-29(22-18-27)31-25-15-8-6-4-2/h17-24H,3-16,25-26H2,1-2H3. The number of hydrogen-bond donors (Lipinski definition) is 0. The van der Waals surface area contributed by atoms with Gasteiger partial charge in [0.15, 0.2) is 0 Å². The molecule has 0 saturated carbocycles. The Balaban J connectivity index is 1.57. The van der Waals surface area contributed by atoms with E-state index in [0.717, 1.165) is 0 Å². The largest absolute Gasteiger partial charge is 0.126 e. The van der Waals surface area contributed by atoms with Gasteiger partial charge in [0.25, 0.3) is 0 Å². The highest BCUT2D eigenvalue weighted by Crippen LogP contribution is 2.27. The van der Waals surface area contributed by atoms with E-state index >= 15 is 0 Å². The Kier molecular flexibility index (Phi) is 15.9. The minimum atomic E-state index is 1.24. The van der Waals surface area contributed by atoms with Crippen LogP contribution in [0.3, 0.4) is 0 Å². The first-order chi connectivity index (χ1) is 15.8. The predicted molar refractivity (Wildman–Crippen MR) is 149 cm³/mol. The third-order valence-corrected chi connectivity index (χ3v) is 8.27. The number of unbranched alkanes of at least 4 members (excludes halogenated alkanes) is 12. The molecule has 32 heavy (non-hydrogen) atoms. The number of thioether (sulfide) groups is 2. The molecule has 0 N–H and O–H groups in total. The zero-order valence-electron chi connectivity index (χ0n) is 20.7. The fourth-order valence-corrected chi connectivity index (χ4v) is 5.81. The first-order valence-electron chi connectivity index (χ1n) is 13.3. The summed E-state index contributed by atoms with van der Waals surface area (Å²) in [6.07, 6.45) is 19.5. The summed E-state index contributed by atoms with van der Waals surface area (Å²) in [5.41, 5.74) is 2.65. The maximum atomic E-state index is 2.30. The SMILES string of the molecule is CCCCCCCCCCCCSc1ccc(-c2ccc(SCCCCCC)cc2)cc1. The topological polar surface area (TPSA) is 0 Å². The Morgan fingerprint density at radius 3 is 1.09 bits per heavy atom. The van der Waals surface area contributed by atoms with E-state index in [9.17, 15) is 0 Å². The average Bonchev–Trinajstić information content (AvgIpc) is 2.83. The van der Waals surface area contributed by atoms with Crippen molar-refractivity contribution >= 4 is 23.5 Å². The van der Waals surface area contributed by atoms with Gasteiger partial charge in [-0.15, -0.1) is 23.5 Å². The Morgan fingerprint density at radius 2 is 0.719 bits per heavy atom. The summed E-state index contributed by atoms with van der Waals surface area (Å²) in [5, 5.41) is 0. The fourth-order valence-electron chi connectivity index (χ4n) is 3.99. The van der Waals surface area contributed by atoms with Crippen LogP contribution < -0.4 is 0 Å². The van der Waals surface area contributed by atoms with Gasteiger partial charge in [0.05, 0.1) is 0 Å². The van der Waals surface area contributed by atoms with Crippen molar-refractivity contribution in [2.24, 2.45) is 0 Å². The lowest BCUT2D eigenvalue weighted by Gasteiger charge is -2.07. The quantitative estimate of drug-likeness (QED) is 0.148. The molecule has 2 heteroatoms. The van der Waals surface area contributed by atoms with Gasteiger partial charge in [-0.05, 0) is 59.7 Å². The van der Waals surface area contributed by atoms with Crippen LogP contribution >= 0.6 is 23.5 Å². The van der Waals surface area contributed by atoms with Crippen LogP contribution in [-0.4, -0.2) is 11.5 Å². The van der Waals surface area contributed by atoms with Crippen LogP contribution in [0.2, 0.25) is 0 Å². The molecule has 0 aliphatic carbocycles. The van der Waals surface area contributed by atoms with E-state index in [2.05, 4.69) is 62.4 Å². The molecule has 2 aromatic rings. The number of benzene rings is 2. The molecule has 0 unspecified atom stereocenters. The second-order valence-corrected chi connectivity index (χ2v) is 11.3. The summed E-state index contributed by atoms with van der Waals surface area (Å²) < 4.78 is 0. The number of rotatable bonds is 19. The van der Waals surface area contributed by atoms with E-state index in [1.807, 2.05) is 23.5 Å². The summed E-state index contributed by atoms with van der Waals surface area (Å²) >= 11 is 4.01. The minimum Gasteiger partial charge on any atom is -0.126 e. The van der Waals surface area contributed by atoms with Gasteiger partial charge in [-0.25, -0.2) is 0 Å². The number of hydrogen-bond acceptors (Lipinski definition) is 2. The zero-order chi connectivity index (χ0) is 22.7. The van der Waals surface area contributed by atoms with Gasteiger partial charge >= 0.3 is 0 Å². The van der Waals surface area contributed by atoms with Gasteiger partial charge in [-0.2, -0.15) is 0 Å². The molecule has 0 radical (unpaired) electrons. The molecule has 0 bridgehead atoms. The minimum absolute atomic E-state index is 1.24. The third kappa shape index (κ3) is 12.4. The van der Waals surface area contributed by atoms with Gasteiger partial charge in [0.2, 0.25) is 0 Å². The van der Waals surface area contributed by atoms with Crippen LogP contribution in [0.25, 0.3) is 11.1 Å². The Labute approximate surface area is 207 Å². The van der Waals surface area contributed by atoms with E-state index < -0.39 is 0 Å². The van der Waals surface area contributed by atoms with Crippen molar-refractivity contribution in [3.05, 3.63) is 48.5 Å². The summed E-state index contributed by atoms with van der Waals surface area (Å²) in [6, 6.07) is 18.3. The van der Waals surface area contributed by atoms with Crippen LogP contribution in [0.5, 0.6) is 0 Å². The van der Waals surface area contributed by atoms with Gasteiger partial charge in [0.1, 0.15) is 0 Å². The van der Waals surface area contributed by atoms with Crippen LogP contribution in [0.1, 0.15) is 104 Å². The van der Waals surface area contributed by atoms with Crippen molar-refractivity contribution in [1.29, 1.82) is 0 Å². The van der Waals surface area contributed by atoms with Crippen LogP contribution in [-0.2, 0) is 0 Å². The van der Waals surface area contributed by atoms with Gasteiger partial charge < -0.3 is 0 Å². The highest BCUT2D eigenvalue weighted by Gasteiger charge is 2.01. The molecule has 0 aliphatic rings. The Bertz CT molecular complexity index is 675. The van der Waals surface area contributed by atoms with Crippen molar-refractivity contribution in [2.75, 3.05) is 11.5 Å².